The molecule has 7 nitrogen and oxygen atoms in total. The van der Waals surface area contributed by atoms with Gasteiger partial charge in [-0.3, -0.25) is 4.79 Å². The first-order chi connectivity index (χ1) is 19.4. The fourth-order valence-electron chi connectivity index (χ4n) is 5.62. The third-order valence-electron chi connectivity index (χ3n) is 8.04. The number of nitrogens with one attached hydrogen (secondary N) is 2. The Morgan fingerprint density at radius 2 is 1.90 bits per heavy atom. The minimum atomic E-state index is -0.234. The number of nitrogens with two attached hydrogens (primary N) is 1. The largest absolute Gasteiger partial charge is 0.461 e. The number of nitrogens with zero attached hydrogens (tertiary/aromatic N) is 2. The van der Waals surface area contributed by atoms with Crippen molar-refractivity contribution in [2.45, 2.75) is 83.0 Å². The fourth-order valence-corrected chi connectivity index (χ4v) is 6.20. The maximum absolute atomic E-state index is 12.6. The zero-order valence-electron chi connectivity index (χ0n) is 22.9. The lowest BCUT2D eigenvalue weighted by Gasteiger charge is -2.30. The third-order valence-corrected chi connectivity index (χ3v) is 8.75. The van der Waals surface area contributed by atoms with Crippen LogP contribution in [0.3, 0.4) is 0 Å². The van der Waals surface area contributed by atoms with E-state index in [4.69, 9.17) is 38.7 Å². The van der Waals surface area contributed by atoms with Crippen LogP contribution in [0.5, 0.6) is 0 Å². The van der Waals surface area contributed by atoms with Crippen LogP contribution in [0, 0.1) is 6.92 Å². The van der Waals surface area contributed by atoms with Crippen molar-refractivity contribution in [2.24, 2.45) is 0 Å². The smallest absolute Gasteiger partial charge is 0.323 e. The second-order valence-electron chi connectivity index (χ2n) is 10.9. The van der Waals surface area contributed by atoms with Gasteiger partial charge in [-0.1, -0.05) is 41.4 Å². The number of carbonyl (C=O) groups excluding carboxylic acids is 1. The first kappa shape index (κ1) is 28.8. The Kier molecular flexibility index (Phi) is 9.58. The number of esters is 1. The van der Waals surface area contributed by atoms with Crippen LogP contribution in [0.1, 0.15) is 60.9 Å². The summed E-state index contributed by atoms with van der Waals surface area (Å²) >= 11 is 12.7. The number of piperidine rings is 1. The van der Waals surface area contributed by atoms with Gasteiger partial charge in [-0.2, -0.15) is 0 Å². The Morgan fingerprint density at radius 1 is 1.12 bits per heavy atom. The van der Waals surface area contributed by atoms with Gasteiger partial charge in [-0.25, -0.2) is 9.97 Å². The number of halogens is 2. The Morgan fingerprint density at radius 3 is 2.65 bits per heavy atom. The van der Waals surface area contributed by atoms with Crippen LogP contribution in [0.25, 0.3) is 11.3 Å². The Labute approximate surface area is 246 Å². The number of anilines is 1. The van der Waals surface area contributed by atoms with Gasteiger partial charge in [0.2, 0.25) is 0 Å². The predicted octanol–water partition coefficient (Wildman–Crippen LogP) is 5.82. The van der Waals surface area contributed by atoms with E-state index in [1.165, 1.54) is 11.1 Å². The molecule has 5 rings (SSSR count). The van der Waals surface area contributed by atoms with Crippen molar-refractivity contribution >= 4 is 35.0 Å². The predicted molar refractivity (Wildman–Crippen MR) is 160 cm³/mol. The standard InChI is InChI=1S/C31H37Cl2N5O2/c1-19-15-20(29-18-37-30(34)27(38-29)12-11-24-25(32)7-4-8-26(24)33)9-10-21(19)17-36-22-13-14-35-28(16-22)31(39)40-23-5-2-3-6-23/h4,7-10,15,18,22-23,28,35-36H,2-3,5-6,11-14,16-17H2,1H3,(H2,34,37)/t22?,28-/m1/s1. The van der Waals surface area contributed by atoms with Gasteiger partial charge in [0, 0.05) is 28.2 Å². The van der Waals surface area contributed by atoms with E-state index in [1.807, 2.05) is 18.2 Å². The van der Waals surface area contributed by atoms with E-state index in [1.54, 1.807) is 6.20 Å². The molecule has 1 aromatic heterocycles. The lowest BCUT2D eigenvalue weighted by molar-refractivity contribution is -0.152. The highest BCUT2D eigenvalue weighted by molar-refractivity contribution is 6.36. The number of hydrogen-bond acceptors (Lipinski definition) is 7. The van der Waals surface area contributed by atoms with Crippen LogP contribution in [-0.2, 0) is 28.9 Å². The maximum atomic E-state index is 12.6. The number of carbonyl (C=O) groups is 1. The van der Waals surface area contributed by atoms with E-state index in [2.05, 4.69) is 40.7 Å². The first-order valence-electron chi connectivity index (χ1n) is 14.2. The van der Waals surface area contributed by atoms with Gasteiger partial charge in [0.05, 0.1) is 17.6 Å². The van der Waals surface area contributed by atoms with E-state index in [0.29, 0.717) is 28.7 Å². The molecule has 0 spiro atoms. The summed E-state index contributed by atoms with van der Waals surface area (Å²) in [5.41, 5.74) is 11.9. The van der Waals surface area contributed by atoms with Crippen LogP contribution < -0.4 is 16.4 Å². The summed E-state index contributed by atoms with van der Waals surface area (Å²) in [7, 11) is 0. The zero-order valence-corrected chi connectivity index (χ0v) is 24.4. The summed E-state index contributed by atoms with van der Waals surface area (Å²) < 4.78 is 5.74. The summed E-state index contributed by atoms with van der Waals surface area (Å²) in [6.45, 7) is 3.65. The molecule has 4 N–H and O–H groups in total. The van der Waals surface area contributed by atoms with Crippen molar-refractivity contribution < 1.29 is 9.53 Å². The molecule has 1 unspecified atom stereocenters. The average molecular weight is 583 g/mol. The van der Waals surface area contributed by atoms with Crippen molar-refractivity contribution in [1.82, 2.24) is 20.6 Å². The summed E-state index contributed by atoms with van der Waals surface area (Å²) in [5, 5.41) is 8.28. The minimum absolute atomic E-state index is 0.0992. The van der Waals surface area contributed by atoms with Gasteiger partial charge in [-0.05, 0) is 99.7 Å². The minimum Gasteiger partial charge on any atom is -0.461 e. The number of rotatable bonds is 9. The highest BCUT2D eigenvalue weighted by Gasteiger charge is 2.30. The van der Waals surface area contributed by atoms with E-state index in [-0.39, 0.29) is 24.2 Å². The van der Waals surface area contributed by atoms with Crippen LogP contribution in [0.15, 0.2) is 42.6 Å². The summed E-state index contributed by atoms with van der Waals surface area (Å²) in [6.07, 6.45) is 9.06. The number of aromatic nitrogens is 2. The van der Waals surface area contributed by atoms with Gasteiger partial charge in [0.25, 0.3) is 0 Å². The molecule has 2 atom stereocenters. The van der Waals surface area contributed by atoms with Gasteiger partial charge >= 0.3 is 5.97 Å². The molecule has 2 aliphatic rings. The van der Waals surface area contributed by atoms with E-state index in [9.17, 15) is 4.79 Å². The van der Waals surface area contributed by atoms with E-state index >= 15 is 0 Å². The molecule has 2 heterocycles. The highest BCUT2D eigenvalue weighted by atomic mass is 35.5. The van der Waals surface area contributed by atoms with Crippen LogP contribution in [0.4, 0.5) is 5.82 Å². The average Bonchev–Trinajstić information content (AvgIpc) is 3.46. The summed E-state index contributed by atoms with van der Waals surface area (Å²) in [5.74, 6) is 0.315. The quantitative estimate of drug-likeness (QED) is 0.273. The molecule has 1 saturated carbocycles. The van der Waals surface area contributed by atoms with Crippen molar-refractivity contribution in [3.05, 3.63) is 75.0 Å². The molecular formula is C31H37Cl2N5O2. The van der Waals surface area contributed by atoms with Crippen molar-refractivity contribution in [3.8, 4) is 11.3 Å². The SMILES string of the molecule is Cc1cc(-c2cnc(N)c(CCc3c(Cl)cccc3Cl)n2)ccc1CNC1CCN[C@@H](C(=O)OC2CCCC2)C1. The molecule has 212 valence electrons. The lowest BCUT2D eigenvalue weighted by atomic mass is 9.98. The molecule has 9 heteroatoms. The monoisotopic (exact) mass is 581 g/mol. The molecule has 1 aliphatic carbocycles. The molecular weight excluding hydrogens is 545 g/mol. The molecule has 0 amide bonds. The number of ether oxygens (including phenoxy) is 1. The molecule has 40 heavy (non-hydrogen) atoms. The molecule has 3 aromatic rings. The zero-order chi connectivity index (χ0) is 28.1. The number of benzene rings is 2. The van der Waals surface area contributed by atoms with Gasteiger partial charge in [0.15, 0.2) is 0 Å². The van der Waals surface area contributed by atoms with E-state index < -0.39 is 0 Å². The maximum Gasteiger partial charge on any atom is 0.323 e. The Bertz CT molecular complexity index is 1330. The van der Waals surface area contributed by atoms with E-state index in [0.717, 1.165) is 74.1 Å². The molecule has 0 bridgehead atoms. The number of hydrogen-bond donors (Lipinski definition) is 3. The Hall–Kier alpha value is -2.71. The molecule has 1 saturated heterocycles. The topological polar surface area (TPSA) is 102 Å². The lowest BCUT2D eigenvalue weighted by Crippen LogP contribution is -2.50. The fraction of sp³-hybridized carbons (Fsp3) is 0.452. The second kappa shape index (κ2) is 13.3. The van der Waals surface area contributed by atoms with Crippen molar-refractivity contribution in [1.29, 1.82) is 0 Å². The number of nitrogen functional groups attached to an aromatic ring is 1. The number of aryl methyl sites for hydroxylation is 2. The molecule has 1 aliphatic heterocycles. The van der Waals surface area contributed by atoms with Crippen LogP contribution in [0.2, 0.25) is 10.0 Å². The molecule has 2 aromatic carbocycles. The molecule has 0 radical (unpaired) electrons. The van der Waals surface area contributed by atoms with Gasteiger partial charge in [-0.15, -0.1) is 0 Å². The highest BCUT2D eigenvalue weighted by Crippen LogP contribution is 2.27. The normalized spacial score (nSPS) is 19.6. The van der Waals surface area contributed by atoms with Crippen molar-refractivity contribution in [3.63, 3.8) is 0 Å². The van der Waals surface area contributed by atoms with Gasteiger partial charge in [0.1, 0.15) is 18.0 Å². The summed E-state index contributed by atoms with van der Waals surface area (Å²) in [4.78, 5) is 21.9. The first-order valence-corrected chi connectivity index (χ1v) is 14.9. The Balaban J connectivity index is 1.19. The summed E-state index contributed by atoms with van der Waals surface area (Å²) in [6, 6.07) is 11.9. The second-order valence-corrected chi connectivity index (χ2v) is 11.7. The van der Waals surface area contributed by atoms with Crippen LogP contribution >= 0.6 is 23.2 Å². The third kappa shape index (κ3) is 7.13. The van der Waals surface area contributed by atoms with Gasteiger partial charge < -0.3 is 21.1 Å². The van der Waals surface area contributed by atoms with Crippen LogP contribution in [-0.4, -0.2) is 40.7 Å². The molecule has 2 fully saturated rings. The van der Waals surface area contributed by atoms with Crippen molar-refractivity contribution in [2.75, 3.05) is 12.3 Å².